The van der Waals surface area contributed by atoms with E-state index in [2.05, 4.69) is 15.1 Å². The minimum Gasteiger partial charge on any atom is -0.507 e. The SMILES string of the molecule is CCc1cccnc1-c1noc(-c2ccc(F)cc2O)n1. The minimum absolute atomic E-state index is 0.121. The number of rotatable bonds is 3. The van der Waals surface area contributed by atoms with Gasteiger partial charge in [-0.3, -0.25) is 4.98 Å². The van der Waals surface area contributed by atoms with Crippen LogP contribution in [0.3, 0.4) is 0 Å². The van der Waals surface area contributed by atoms with Crippen molar-refractivity contribution in [2.75, 3.05) is 0 Å². The van der Waals surface area contributed by atoms with Gasteiger partial charge in [0.15, 0.2) is 0 Å². The van der Waals surface area contributed by atoms with E-state index in [0.717, 1.165) is 18.1 Å². The summed E-state index contributed by atoms with van der Waals surface area (Å²) in [5.41, 5.74) is 1.91. The molecule has 5 nitrogen and oxygen atoms in total. The topological polar surface area (TPSA) is 72.0 Å². The fourth-order valence-electron chi connectivity index (χ4n) is 2.04. The molecule has 0 amide bonds. The quantitative estimate of drug-likeness (QED) is 0.800. The molecular formula is C15H12FN3O2. The molecule has 1 aromatic carbocycles. The molecule has 2 aromatic heterocycles. The van der Waals surface area contributed by atoms with Crippen LogP contribution in [0.4, 0.5) is 4.39 Å². The van der Waals surface area contributed by atoms with Crippen molar-refractivity contribution in [2.24, 2.45) is 0 Å². The summed E-state index contributed by atoms with van der Waals surface area (Å²) in [5.74, 6) is -0.322. The summed E-state index contributed by atoms with van der Waals surface area (Å²) in [4.78, 5) is 8.48. The van der Waals surface area contributed by atoms with Gasteiger partial charge in [0.05, 0.1) is 5.56 Å². The van der Waals surface area contributed by atoms with Gasteiger partial charge in [-0.05, 0) is 30.2 Å². The van der Waals surface area contributed by atoms with Crippen molar-refractivity contribution in [3.63, 3.8) is 0 Å². The van der Waals surface area contributed by atoms with Gasteiger partial charge in [-0.15, -0.1) is 0 Å². The highest BCUT2D eigenvalue weighted by atomic mass is 19.1. The summed E-state index contributed by atoms with van der Waals surface area (Å²) in [6, 6.07) is 7.39. The van der Waals surface area contributed by atoms with Gasteiger partial charge in [-0.25, -0.2) is 4.39 Å². The number of pyridine rings is 1. The van der Waals surface area contributed by atoms with Crippen LogP contribution in [0.1, 0.15) is 12.5 Å². The Balaban J connectivity index is 2.04. The number of hydrogen-bond donors (Lipinski definition) is 1. The van der Waals surface area contributed by atoms with Gasteiger partial charge in [0.1, 0.15) is 17.3 Å². The van der Waals surface area contributed by atoms with E-state index < -0.39 is 5.82 Å². The maximum absolute atomic E-state index is 13.0. The average molecular weight is 285 g/mol. The van der Waals surface area contributed by atoms with Gasteiger partial charge in [-0.1, -0.05) is 18.1 Å². The zero-order chi connectivity index (χ0) is 14.8. The van der Waals surface area contributed by atoms with Gasteiger partial charge < -0.3 is 9.63 Å². The van der Waals surface area contributed by atoms with Crippen LogP contribution in [0.2, 0.25) is 0 Å². The second kappa shape index (κ2) is 5.32. The van der Waals surface area contributed by atoms with E-state index in [1.165, 1.54) is 12.1 Å². The number of phenols is 1. The van der Waals surface area contributed by atoms with Crippen LogP contribution in [-0.2, 0) is 6.42 Å². The molecule has 106 valence electrons. The molecule has 21 heavy (non-hydrogen) atoms. The average Bonchev–Trinajstić information content (AvgIpc) is 2.96. The number of aromatic nitrogens is 3. The molecule has 0 aliphatic heterocycles. The molecule has 0 fully saturated rings. The fraction of sp³-hybridized carbons (Fsp3) is 0.133. The molecule has 0 spiro atoms. The smallest absolute Gasteiger partial charge is 0.262 e. The predicted octanol–water partition coefficient (Wildman–Crippen LogP) is 3.21. The van der Waals surface area contributed by atoms with Gasteiger partial charge >= 0.3 is 0 Å². The first-order valence-electron chi connectivity index (χ1n) is 6.46. The van der Waals surface area contributed by atoms with Crippen LogP contribution < -0.4 is 0 Å². The number of aromatic hydroxyl groups is 1. The molecule has 3 rings (SSSR count). The molecular weight excluding hydrogens is 273 g/mol. The van der Waals surface area contributed by atoms with E-state index in [-0.39, 0.29) is 17.2 Å². The highest BCUT2D eigenvalue weighted by molar-refractivity contribution is 5.64. The Labute approximate surface area is 120 Å². The van der Waals surface area contributed by atoms with Crippen molar-refractivity contribution in [1.82, 2.24) is 15.1 Å². The van der Waals surface area contributed by atoms with E-state index in [1.807, 2.05) is 19.1 Å². The Bertz CT molecular complexity index is 786. The highest BCUT2D eigenvalue weighted by Crippen LogP contribution is 2.30. The van der Waals surface area contributed by atoms with Gasteiger partial charge in [0.25, 0.3) is 5.89 Å². The zero-order valence-electron chi connectivity index (χ0n) is 11.2. The normalized spacial score (nSPS) is 10.8. The van der Waals surface area contributed by atoms with E-state index in [4.69, 9.17) is 4.52 Å². The lowest BCUT2D eigenvalue weighted by atomic mass is 10.1. The first-order valence-corrected chi connectivity index (χ1v) is 6.46. The maximum Gasteiger partial charge on any atom is 0.262 e. The van der Waals surface area contributed by atoms with Crippen molar-refractivity contribution in [2.45, 2.75) is 13.3 Å². The van der Waals surface area contributed by atoms with E-state index >= 15 is 0 Å². The predicted molar refractivity (Wildman–Crippen MR) is 74.0 cm³/mol. The third-order valence-electron chi connectivity index (χ3n) is 3.10. The first kappa shape index (κ1) is 13.2. The molecule has 0 atom stereocenters. The van der Waals surface area contributed by atoms with Crippen LogP contribution in [0.25, 0.3) is 23.0 Å². The molecule has 0 saturated heterocycles. The lowest BCUT2D eigenvalue weighted by Gasteiger charge is -2.00. The number of nitrogens with zero attached hydrogens (tertiary/aromatic N) is 3. The molecule has 0 radical (unpaired) electrons. The van der Waals surface area contributed by atoms with Crippen molar-refractivity contribution in [3.05, 3.63) is 47.9 Å². The summed E-state index contributed by atoms with van der Waals surface area (Å²) < 4.78 is 18.1. The van der Waals surface area contributed by atoms with Gasteiger partial charge in [-0.2, -0.15) is 4.98 Å². The lowest BCUT2D eigenvalue weighted by molar-refractivity contribution is 0.424. The molecule has 3 aromatic rings. The van der Waals surface area contributed by atoms with Crippen molar-refractivity contribution >= 4 is 0 Å². The zero-order valence-corrected chi connectivity index (χ0v) is 11.2. The number of hydrogen-bond acceptors (Lipinski definition) is 5. The van der Waals surface area contributed by atoms with Crippen LogP contribution in [-0.4, -0.2) is 20.2 Å². The second-order valence-corrected chi connectivity index (χ2v) is 4.45. The standard InChI is InChI=1S/C15H12FN3O2/c1-2-9-4-3-7-17-13(9)14-18-15(21-19-14)11-6-5-10(16)8-12(11)20/h3-8,20H,2H2,1H3. The molecule has 6 heteroatoms. The number of aryl methyl sites for hydroxylation is 1. The van der Waals surface area contributed by atoms with E-state index in [1.54, 1.807) is 6.20 Å². The summed E-state index contributed by atoms with van der Waals surface area (Å²) in [6.45, 7) is 2.01. The minimum atomic E-state index is -0.533. The summed E-state index contributed by atoms with van der Waals surface area (Å²) in [6.07, 6.45) is 2.44. The van der Waals surface area contributed by atoms with Gasteiger partial charge in [0.2, 0.25) is 5.82 Å². The lowest BCUT2D eigenvalue weighted by Crippen LogP contribution is -1.92. The molecule has 0 bridgehead atoms. The summed E-state index contributed by atoms with van der Waals surface area (Å²) >= 11 is 0. The number of phenolic OH excluding ortho intramolecular Hbond substituents is 1. The highest BCUT2D eigenvalue weighted by Gasteiger charge is 2.16. The van der Waals surface area contributed by atoms with Crippen molar-refractivity contribution in [1.29, 1.82) is 0 Å². The Morgan fingerprint density at radius 1 is 1.29 bits per heavy atom. The summed E-state index contributed by atoms with van der Waals surface area (Å²) in [5, 5.41) is 13.6. The molecule has 2 heterocycles. The van der Waals surface area contributed by atoms with Crippen molar-refractivity contribution < 1.29 is 14.0 Å². The van der Waals surface area contributed by atoms with Crippen LogP contribution in [0.15, 0.2) is 41.1 Å². The largest absolute Gasteiger partial charge is 0.507 e. The van der Waals surface area contributed by atoms with E-state index in [0.29, 0.717) is 11.5 Å². The second-order valence-electron chi connectivity index (χ2n) is 4.45. The Morgan fingerprint density at radius 2 is 2.14 bits per heavy atom. The third-order valence-corrected chi connectivity index (χ3v) is 3.10. The molecule has 0 saturated carbocycles. The third kappa shape index (κ3) is 2.47. The molecule has 0 aliphatic rings. The molecule has 0 aliphatic carbocycles. The van der Waals surface area contributed by atoms with Crippen molar-refractivity contribution in [3.8, 4) is 28.7 Å². The fourth-order valence-corrected chi connectivity index (χ4v) is 2.04. The Hall–Kier alpha value is -2.76. The van der Waals surface area contributed by atoms with Crippen LogP contribution >= 0.6 is 0 Å². The first-order chi connectivity index (χ1) is 10.2. The Morgan fingerprint density at radius 3 is 2.90 bits per heavy atom. The Kier molecular flexibility index (Phi) is 3.35. The van der Waals surface area contributed by atoms with Crippen LogP contribution in [0, 0.1) is 5.82 Å². The van der Waals surface area contributed by atoms with Crippen LogP contribution in [0.5, 0.6) is 5.75 Å². The maximum atomic E-state index is 13.0. The monoisotopic (exact) mass is 285 g/mol. The molecule has 0 unspecified atom stereocenters. The van der Waals surface area contributed by atoms with E-state index in [9.17, 15) is 9.50 Å². The molecule has 1 N–H and O–H groups in total. The number of benzene rings is 1. The number of halogens is 1. The summed E-state index contributed by atoms with van der Waals surface area (Å²) in [7, 11) is 0. The van der Waals surface area contributed by atoms with Gasteiger partial charge in [0, 0.05) is 12.3 Å².